The van der Waals surface area contributed by atoms with E-state index < -0.39 is 5.97 Å². The van der Waals surface area contributed by atoms with E-state index in [1.54, 1.807) is 42.1 Å². The van der Waals surface area contributed by atoms with Crippen LogP contribution in [0.4, 0.5) is 0 Å². The van der Waals surface area contributed by atoms with Crippen molar-refractivity contribution in [3.8, 4) is 17.7 Å². The molecule has 0 aliphatic rings. The third kappa shape index (κ3) is 4.56. The molecule has 0 bridgehead atoms. The van der Waals surface area contributed by atoms with E-state index in [-0.39, 0.29) is 11.1 Å². The van der Waals surface area contributed by atoms with Gasteiger partial charge in [-0.05, 0) is 47.9 Å². The van der Waals surface area contributed by atoms with E-state index in [9.17, 15) is 9.59 Å². The van der Waals surface area contributed by atoms with Gasteiger partial charge >= 0.3 is 5.97 Å². The molecule has 0 spiro atoms. The molecule has 0 unspecified atom stereocenters. The minimum Gasteiger partial charge on any atom is -0.481 e. The molecule has 160 valence electrons. The number of carboxylic acid groups (broad SMARTS) is 1. The van der Waals surface area contributed by atoms with Crippen LogP contribution in [0.25, 0.3) is 10.1 Å². The highest BCUT2D eigenvalue weighted by molar-refractivity contribution is 7.19. The number of thiophene rings is 1. The maximum Gasteiger partial charge on any atom is 0.335 e. The van der Waals surface area contributed by atoms with Crippen molar-refractivity contribution >= 4 is 27.4 Å². The van der Waals surface area contributed by atoms with Crippen molar-refractivity contribution < 1.29 is 14.6 Å². The summed E-state index contributed by atoms with van der Waals surface area (Å²) < 4.78 is 7.72. The average molecular weight is 445 g/mol. The number of aryl methyl sites for hydroxylation is 1. The van der Waals surface area contributed by atoms with Crippen LogP contribution < -0.4 is 10.3 Å². The summed E-state index contributed by atoms with van der Waals surface area (Å²) in [6.07, 6.45) is 4.09. The summed E-state index contributed by atoms with van der Waals surface area (Å²) in [5, 5.41) is 9.69. The summed E-state index contributed by atoms with van der Waals surface area (Å²) in [4.78, 5) is 29.0. The first kappa shape index (κ1) is 21.3. The number of carboxylic acids is 1. The fraction of sp³-hybridized carbons (Fsp3) is 0.160. The molecule has 6 nitrogen and oxygen atoms in total. The largest absolute Gasteiger partial charge is 0.481 e. The third-order valence-electron chi connectivity index (χ3n) is 5.00. The molecule has 3 aromatic heterocycles. The summed E-state index contributed by atoms with van der Waals surface area (Å²) in [6, 6.07) is 12.1. The molecule has 0 saturated carbocycles. The maximum atomic E-state index is 13.0. The molecule has 32 heavy (non-hydrogen) atoms. The summed E-state index contributed by atoms with van der Waals surface area (Å²) in [5.74, 6) is 5.91. The second-order valence-electron chi connectivity index (χ2n) is 7.29. The van der Waals surface area contributed by atoms with E-state index >= 15 is 0 Å². The van der Waals surface area contributed by atoms with Crippen LogP contribution in [0.1, 0.15) is 31.9 Å². The molecule has 0 aliphatic heterocycles. The topological polar surface area (TPSA) is 81.4 Å². The van der Waals surface area contributed by atoms with Crippen LogP contribution in [-0.4, -0.2) is 27.7 Å². The summed E-state index contributed by atoms with van der Waals surface area (Å²) in [5.41, 5.74) is 3.01. The van der Waals surface area contributed by atoms with Crippen LogP contribution in [0.15, 0.2) is 59.7 Å². The SMILES string of the molecule is COc1cc(CC#Cc2cc3c(=O)n(Cc4ccc(C(=O)O)cc4)cc(C)c3s2)ccn1. The standard InChI is InChI=1S/C25H20N2O4S/c1-16-14-27(15-18-6-8-19(9-7-18)25(29)30)24(28)21-13-20(32-23(16)21)5-3-4-17-10-11-26-22(12-17)31-2/h6-14H,4,15H2,1-2H3,(H,29,30). The van der Waals surface area contributed by atoms with Gasteiger partial charge in [-0.1, -0.05) is 24.0 Å². The lowest BCUT2D eigenvalue weighted by Gasteiger charge is -2.08. The Kier molecular flexibility index (Phi) is 6.06. The molecular weight excluding hydrogens is 424 g/mol. The molecule has 1 N–H and O–H groups in total. The average Bonchev–Trinajstić information content (AvgIpc) is 3.23. The number of pyridine rings is 2. The summed E-state index contributed by atoms with van der Waals surface area (Å²) >= 11 is 1.51. The molecule has 7 heteroatoms. The van der Waals surface area contributed by atoms with Gasteiger partial charge in [-0.15, -0.1) is 11.3 Å². The Bertz CT molecular complexity index is 1420. The lowest BCUT2D eigenvalue weighted by molar-refractivity contribution is 0.0697. The lowest BCUT2D eigenvalue weighted by atomic mass is 10.1. The number of carbonyl (C=O) groups is 1. The molecule has 4 aromatic rings. The number of methoxy groups -OCH3 is 1. The summed E-state index contributed by atoms with van der Waals surface area (Å²) in [6.45, 7) is 2.35. The molecule has 0 fully saturated rings. The number of nitrogens with zero attached hydrogens (tertiary/aromatic N) is 2. The van der Waals surface area contributed by atoms with E-state index in [4.69, 9.17) is 9.84 Å². The van der Waals surface area contributed by atoms with Crippen molar-refractivity contribution in [1.29, 1.82) is 0 Å². The first-order chi connectivity index (χ1) is 15.4. The molecule has 4 rings (SSSR count). The number of rotatable bonds is 5. The zero-order chi connectivity index (χ0) is 22.7. The highest BCUT2D eigenvalue weighted by Gasteiger charge is 2.11. The van der Waals surface area contributed by atoms with Gasteiger partial charge in [-0.2, -0.15) is 0 Å². The first-order valence-electron chi connectivity index (χ1n) is 9.88. The maximum absolute atomic E-state index is 13.0. The predicted molar refractivity (Wildman–Crippen MR) is 125 cm³/mol. The number of aromatic carboxylic acids is 1. The molecule has 0 atom stereocenters. The third-order valence-corrected chi connectivity index (χ3v) is 6.18. The highest BCUT2D eigenvalue weighted by Crippen LogP contribution is 2.26. The Hall–Kier alpha value is -3.89. The Morgan fingerprint density at radius 2 is 1.97 bits per heavy atom. The number of aromatic nitrogens is 2. The van der Waals surface area contributed by atoms with Crippen LogP contribution in [0.3, 0.4) is 0 Å². The predicted octanol–water partition coefficient (Wildman–Crippen LogP) is 4.12. The number of hydrogen-bond acceptors (Lipinski definition) is 5. The van der Waals surface area contributed by atoms with Gasteiger partial charge < -0.3 is 14.4 Å². The van der Waals surface area contributed by atoms with E-state index in [2.05, 4.69) is 16.8 Å². The fourth-order valence-corrected chi connectivity index (χ4v) is 4.37. The second-order valence-corrected chi connectivity index (χ2v) is 8.34. The van der Waals surface area contributed by atoms with Crippen LogP contribution in [0.2, 0.25) is 0 Å². The Balaban J connectivity index is 1.59. The monoisotopic (exact) mass is 444 g/mol. The minimum atomic E-state index is -0.971. The fourth-order valence-electron chi connectivity index (χ4n) is 3.38. The van der Waals surface area contributed by atoms with Gasteiger partial charge in [0.05, 0.1) is 29.5 Å². The van der Waals surface area contributed by atoms with Crippen molar-refractivity contribution in [1.82, 2.24) is 9.55 Å². The number of fused-ring (bicyclic) bond motifs is 1. The van der Waals surface area contributed by atoms with Gasteiger partial charge in [-0.25, -0.2) is 9.78 Å². The van der Waals surface area contributed by atoms with Gasteiger partial charge in [0, 0.05) is 29.6 Å². The van der Waals surface area contributed by atoms with Gasteiger partial charge in [-0.3, -0.25) is 4.79 Å². The quantitative estimate of drug-likeness (QED) is 0.469. The first-order valence-corrected chi connectivity index (χ1v) is 10.7. The number of hydrogen-bond donors (Lipinski definition) is 1. The number of ether oxygens (including phenoxy) is 1. The minimum absolute atomic E-state index is 0.0870. The van der Waals surface area contributed by atoms with Gasteiger partial charge in [0.2, 0.25) is 5.88 Å². The van der Waals surface area contributed by atoms with Crippen LogP contribution in [-0.2, 0) is 13.0 Å². The van der Waals surface area contributed by atoms with Crippen LogP contribution in [0, 0.1) is 18.8 Å². The summed E-state index contributed by atoms with van der Waals surface area (Å²) in [7, 11) is 1.58. The smallest absolute Gasteiger partial charge is 0.335 e. The Morgan fingerprint density at radius 3 is 2.69 bits per heavy atom. The van der Waals surface area contributed by atoms with E-state index in [0.29, 0.717) is 24.2 Å². The zero-order valence-electron chi connectivity index (χ0n) is 17.6. The van der Waals surface area contributed by atoms with Crippen molar-refractivity contribution in [3.63, 3.8) is 0 Å². The van der Waals surface area contributed by atoms with Crippen molar-refractivity contribution in [2.24, 2.45) is 0 Å². The zero-order valence-corrected chi connectivity index (χ0v) is 18.4. The Morgan fingerprint density at radius 1 is 1.19 bits per heavy atom. The molecule has 0 saturated heterocycles. The van der Waals surface area contributed by atoms with Crippen LogP contribution in [0.5, 0.6) is 5.88 Å². The molecule has 0 radical (unpaired) electrons. The van der Waals surface area contributed by atoms with E-state index in [1.165, 1.54) is 11.3 Å². The van der Waals surface area contributed by atoms with Gasteiger partial charge in [0.1, 0.15) is 0 Å². The van der Waals surface area contributed by atoms with Gasteiger partial charge in [0.15, 0.2) is 0 Å². The molecule has 3 heterocycles. The van der Waals surface area contributed by atoms with E-state index in [1.807, 2.05) is 31.3 Å². The molecule has 0 aliphatic carbocycles. The molecule has 1 aromatic carbocycles. The molecular formula is C25H20N2O4S. The van der Waals surface area contributed by atoms with Crippen molar-refractivity contribution in [3.05, 3.63) is 92.3 Å². The normalized spacial score (nSPS) is 10.6. The molecule has 0 amide bonds. The van der Waals surface area contributed by atoms with Gasteiger partial charge in [0.25, 0.3) is 5.56 Å². The van der Waals surface area contributed by atoms with E-state index in [0.717, 1.165) is 26.3 Å². The van der Waals surface area contributed by atoms with Crippen molar-refractivity contribution in [2.75, 3.05) is 7.11 Å². The Labute approximate surface area is 188 Å². The lowest BCUT2D eigenvalue weighted by Crippen LogP contribution is -2.20. The van der Waals surface area contributed by atoms with Crippen LogP contribution >= 0.6 is 11.3 Å². The number of benzene rings is 1. The second kappa shape index (κ2) is 9.08. The highest BCUT2D eigenvalue weighted by atomic mass is 32.1. The van der Waals surface area contributed by atoms with Crippen molar-refractivity contribution in [2.45, 2.75) is 19.9 Å².